The molecular formula is C24H25Cl2NO6. The normalized spacial score (nSPS) is 17.5. The number of hydrogen-bond donors (Lipinski definition) is 1. The van der Waals surface area contributed by atoms with Gasteiger partial charge in [0.15, 0.2) is 0 Å². The molecule has 176 valence electrons. The van der Waals surface area contributed by atoms with Gasteiger partial charge in [-0.1, -0.05) is 35.3 Å². The van der Waals surface area contributed by atoms with E-state index in [1.54, 1.807) is 31.4 Å². The fourth-order valence-electron chi connectivity index (χ4n) is 3.87. The number of ether oxygens (including phenoxy) is 3. The zero-order valence-electron chi connectivity index (χ0n) is 18.6. The topological polar surface area (TPSA) is 85.3 Å². The van der Waals surface area contributed by atoms with Crippen molar-refractivity contribution in [3.8, 4) is 11.5 Å². The summed E-state index contributed by atoms with van der Waals surface area (Å²) < 4.78 is 16.0. The van der Waals surface area contributed by atoms with Crippen molar-refractivity contribution in [2.45, 2.75) is 19.4 Å². The summed E-state index contributed by atoms with van der Waals surface area (Å²) in [5, 5.41) is 11.7. The molecule has 0 spiro atoms. The zero-order valence-corrected chi connectivity index (χ0v) is 20.1. The number of amides is 1. The molecule has 1 aliphatic heterocycles. The van der Waals surface area contributed by atoms with E-state index >= 15 is 0 Å². The number of carbonyl (C=O) groups excluding carboxylic acids is 2. The van der Waals surface area contributed by atoms with Gasteiger partial charge in [0.2, 0.25) is 0 Å². The molecule has 0 aromatic heterocycles. The van der Waals surface area contributed by atoms with Crippen LogP contribution in [0.15, 0.2) is 42.0 Å². The van der Waals surface area contributed by atoms with Gasteiger partial charge in [-0.3, -0.25) is 9.59 Å². The van der Waals surface area contributed by atoms with Crippen LogP contribution >= 0.6 is 23.2 Å². The number of methoxy groups -OCH3 is 2. The van der Waals surface area contributed by atoms with Crippen LogP contribution in [0.1, 0.15) is 30.5 Å². The number of ketones is 1. The Kier molecular flexibility index (Phi) is 8.24. The Morgan fingerprint density at radius 1 is 1.15 bits per heavy atom. The summed E-state index contributed by atoms with van der Waals surface area (Å²) in [6, 6.07) is 9.14. The van der Waals surface area contributed by atoms with Crippen LogP contribution < -0.4 is 9.47 Å². The molecule has 1 fully saturated rings. The van der Waals surface area contributed by atoms with Gasteiger partial charge >= 0.3 is 0 Å². The Morgan fingerprint density at radius 3 is 2.58 bits per heavy atom. The van der Waals surface area contributed by atoms with E-state index in [9.17, 15) is 14.7 Å². The lowest BCUT2D eigenvalue weighted by Crippen LogP contribution is -2.31. The minimum Gasteiger partial charge on any atom is -0.507 e. The molecule has 1 heterocycles. The van der Waals surface area contributed by atoms with Crippen molar-refractivity contribution in [3.63, 3.8) is 0 Å². The highest BCUT2D eigenvalue weighted by molar-refractivity contribution is 6.46. The number of carbonyl (C=O) groups is 2. The molecule has 0 bridgehead atoms. The Bertz CT molecular complexity index is 1080. The Morgan fingerprint density at radius 2 is 1.91 bits per heavy atom. The molecule has 1 amide bonds. The molecule has 33 heavy (non-hydrogen) atoms. The Hall–Kier alpha value is -2.74. The molecule has 1 N–H and O–H groups in total. The first-order valence-corrected chi connectivity index (χ1v) is 11.1. The summed E-state index contributed by atoms with van der Waals surface area (Å²) in [5.41, 5.74) is 0.657. The molecule has 7 nitrogen and oxygen atoms in total. The number of rotatable bonds is 9. The highest BCUT2D eigenvalue weighted by Crippen LogP contribution is 2.43. The van der Waals surface area contributed by atoms with Gasteiger partial charge in [-0.15, -0.1) is 0 Å². The summed E-state index contributed by atoms with van der Waals surface area (Å²) in [6.45, 7) is 2.98. The van der Waals surface area contributed by atoms with E-state index in [2.05, 4.69) is 0 Å². The standard InChI is InChI=1S/C24H25Cl2NO6/c1-4-33-16-8-5-7-14(11-16)20-19(22(29)24(30)27(20)9-6-10-31-2)21(28)17-12-15(25)13-18(26)23(17)32-3/h5,7-8,11-13,20,28H,4,6,9-10H2,1-3H3/b21-19+. The van der Waals surface area contributed by atoms with Crippen LogP contribution in [0.4, 0.5) is 0 Å². The van der Waals surface area contributed by atoms with E-state index in [-0.39, 0.29) is 33.5 Å². The van der Waals surface area contributed by atoms with Crippen molar-refractivity contribution in [2.75, 3.05) is 34.0 Å². The van der Waals surface area contributed by atoms with Crippen LogP contribution in [0.2, 0.25) is 10.0 Å². The number of benzene rings is 2. The van der Waals surface area contributed by atoms with E-state index < -0.39 is 23.5 Å². The first kappa shape index (κ1) is 24.9. The molecular weight excluding hydrogens is 469 g/mol. The van der Waals surface area contributed by atoms with Gasteiger partial charge in [0.1, 0.15) is 17.3 Å². The predicted molar refractivity (Wildman–Crippen MR) is 126 cm³/mol. The molecule has 9 heteroatoms. The first-order chi connectivity index (χ1) is 15.8. The van der Waals surface area contributed by atoms with Gasteiger partial charge in [-0.05, 0) is 43.2 Å². The molecule has 0 aliphatic carbocycles. The summed E-state index contributed by atoms with van der Waals surface area (Å²) in [5.74, 6) is -1.22. The number of aliphatic hydroxyl groups is 1. The molecule has 2 aromatic rings. The third-order valence-corrected chi connectivity index (χ3v) is 5.74. The van der Waals surface area contributed by atoms with Crippen LogP contribution in [0.3, 0.4) is 0 Å². The monoisotopic (exact) mass is 493 g/mol. The van der Waals surface area contributed by atoms with Crippen molar-refractivity contribution in [1.82, 2.24) is 4.90 Å². The summed E-state index contributed by atoms with van der Waals surface area (Å²) in [7, 11) is 2.95. The fraction of sp³-hybridized carbons (Fsp3) is 0.333. The van der Waals surface area contributed by atoms with E-state index in [1.807, 2.05) is 6.92 Å². The van der Waals surface area contributed by atoms with Crippen molar-refractivity contribution in [1.29, 1.82) is 0 Å². The van der Waals surface area contributed by atoms with Gasteiger partial charge in [0, 0.05) is 25.3 Å². The SMILES string of the molecule is CCOc1cccc(C2/C(=C(\O)c3cc(Cl)cc(Cl)c3OC)C(=O)C(=O)N2CCCOC)c1. The molecule has 1 aliphatic rings. The number of Topliss-reactive ketones (excluding diaryl/α,β-unsaturated/α-hetero) is 1. The number of aliphatic hydroxyl groups excluding tert-OH is 1. The Labute approximate surface area is 202 Å². The molecule has 0 radical (unpaired) electrons. The van der Waals surface area contributed by atoms with Crippen LogP contribution in [-0.4, -0.2) is 55.7 Å². The van der Waals surface area contributed by atoms with Crippen LogP contribution in [0.5, 0.6) is 11.5 Å². The summed E-state index contributed by atoms with van der Waals surface area (Å²) in [6.07, 6.45) is 0.511. The largest absolute Gasteiger partial charge is 0.507 e. The van der Waals surface area contributed by atoms with Crippen LogP contribution in [0.25, 0.3) is 5.76 Å². The van der Waals surface area contributed by atoms with Crippen LogP contribution in [0, 0.1) is 0 Å². The van der Waals surface area contributed by atoms with Crippen molar-refractivity contribution in [3.05, 3.63) is 63.1 Å². The highest BCUT2D eigenvalue weighted by atomic mass is 35.5. The van der Waals surface area contributed by atoms with E-state index in [0.717, 1.165) is 0 Å². The van der Waals surface area contributed by atoms with Gasteiger partial charge < -0.3 is 24.2 Å². The lowest BCUT2D eigenvalue weighted by atomic mass is 9.94. The van der Waals surface area contributed by atoms with Gasteiger partial charge in [-0.25, -0.2) is 0 Å². The maximum absolute atomic E-state index is 13.1. The highest BCUT2D eigenvalue weighted by Gasteiger charge is 2.46. The lowest BCUT2D eigenvalue weighted by molar-refractivity contribution is -0.140. The molecule has 1 unspecified atom stereocenters. The number of likely N-dealkylation sites (tertiary alicyclic amines) is 1. The van der Waals surface area contributed by atoms with E-state index in [1.165, 1.54) is 24.1 Å². The van der Waals surface area contributed by atoms with Crippen LogP contribution in [-0.2, 0) is 14.3 Å². The second-order valence-corrected chi connectivity index (χ2v) is 8.16. The number of halogens is 2. The summed E-state index contributed by atoms with van der Waals surface area (Å²) >= 11 is 12.4. The molecule has 2 aromatic carbocycles. The van der Waals surface area contributed by atoms with Gasteiger partial charge in [-0.2, -0.15) is 0 Å². The maximum atomic E-state index is 13.1. The lowest BCUT2D eigenvalue weighted by Gasteiger charge is -2.25. The molecule has 1 saturated heterocycles. The second-order valence-electron chi connectivity index (χ2n) is 7.31. The number of hydrogen-bond acceptors (Lipinski definition) is 6. The predicted octanol–water partition coefficient (Wildman–Crippen LogP) is 4.86. The first-order valence-electron chi connectivity index (χ1n) is 10.4. The third kappa shape index (κ3) is 5.11. The van der Waals surface area contributed by atoms with E-state index in [4.69, 9.17) is 37.4 Å². The van der Waals surface area contributed by atoms with Crippen molar-refractivity contribution in [2.24, 2.45) is 0 Å². The van der Waals surface area contributed by atoms with E-state index in [0.29, 0.717) is 30.9 Å². The minimum atomic E-state index is -0.843. The molecule has 0 saturated carbocycles. The average molecular weight is 494 g/mol. The van der Waals surface area contributed by atoms with Crippen molar-refractivity contribution >= 4 is 40.7 Å². The summed E-state index contributed by atoms with van der Waals surface area (Å²) in [4.78, 5) is 27.6. The molecule has 3 rings (SSSR count). The fourth-order valence-corrected chi connectivity index (χ4v) is 4.44. The van der Waals surface area contributed by atoms with Crippen molar-refractivity contribution < 1.29 is 28.9 Å². The maximum Gasteiger partial charge on any atom is 0.295 e. The smallest absolute Gasteiger partial charge is 0.295 e. The Balaban J connectivity index is 2.22. The average Bonchev–Trinajstić information content (AvgIpc) is 3.04. The van der Waals surface area contributed by atoms with Gasteiger partial charge in [0.25, 0.3) is 11.7 Å². The quantitative estimate of drug-likeness (QED) is 0.232. The number of nitrogens with zero attached hydrogens (tertiary/aromatic N) is 1. The minimum absolute atomic E-state index is 0.0808. The second kappa shape index (κ2) is 10.9. The molecule has 1 atom stereocenters. The zero-order chi connectivity index (χ0) is 24.1. The third-order valence-electron chi connectivity index (χ3n) is 5.24. The van der Waals surface area contributed by atoms with Gasteiger partial charge in [0.05, 0.1) is 35.9 Å².